The minimum absolute atomic E-state index is 0.0947. The van der Waals surface area contributed by atoms with Crippen LogP contribution in [0.15, 0.2) is 57.8 Å². The molecule has 34 heavy (non-hydrogen) atoms. The Morgan fingerprint density at radius 1 is 1.24 bits per heavy atom. The Labute approximate surface area is 199 Å². The number of allylic oxidation sites excluding steroid dienone is 2. The van der Waals surface area contributed by atoms with Gasteiger partial charge in [-0.05, 0) is 38.1 Å². The third-order valence-electron chi connectivity index (χ3n) is 4.98. The number of halogens is 1. The van der Waals surface area contributed by atoms with Crippen molar-refractivity contribution in [1.82, 2.24) is 4.98 Å². The summed E-state index contributed by atoms with van der Waals surface area (Å²) in [5.74, 6) is -0.559. The van der Waals surface area contributed by atoms with Crippen LogP contribution in [0.5, 0.6) is 5.75 Å². The highest BCUT2D eigenvalue weighted by Gasteiger charge is 2.27. The Kier molecular flexibility index (Phi) is 9.06. The fourth-order valence-corrected chi connectivity index (χ4v) is 3.47. The summed E-state index contributed by atoms with van der Waals surface area (Å²) in [4.78, 5) is 26.2. The van der Waals surface area contributed by atoms with E-state index in [1.165, 1.54) is 43.9 Å². The molecule has 0 amide bonds. The van der Waals surface area contributed by atoms with Gasteiger partial charge in [0.15, 0.2) is 17.4 Å². The smallest absolute Gasteiger partial charge is 0.200 e. The van der Waals surface area contributed by atoms with Crippen molar-refractivity contribution in [2.75, 3.05) is 19.3 Å². The molecule has 180 valence electrons. The number of carbonyl (C=O) groups excluding carboxylic acids is 1. The summed E-state index contributed by atoms with van der Waals surface area (Å²) in [5.41, 5.74) is 20.3. The third kappa shape index (κ3) is 5.31. The number of aliphatic imine (C=N–C) groups is 2. The largest absolute Gasteiger partial charge is 0.482 e. The maximum atomic E-state index is 14.1. The Morgan fingerprint density at radius 2 is 1.94 bits per heavy atom. The molecule has 8 nitrogen and oxygen atoms in total. The lowest BCUT2D eigenvalue weighted by Crippen LogP contribution is -2.23. The zero-order valence-corrected chi connectivity index (χ0v) is 20.1. The second-order valence-corrected chi connectivity index (χ2v) is 7.05. The summed E-state index contributed by atoms with van der Waals surface area (Å²) in [7, 11) is 1.52. The van der Waals surface area contributed by atoms with Gasteiger partial charge in [-0.1, -0.05) is 13.8 Å². The van der Waals surface area contributed by atoms with Gasteiger partial charge in [-0.3, -0.25) is 14.8 Å². The van der Waals surface area contributed by atoms with Gasteiger partial charge in [-0.2, -0.15) is 0 Å². The molecule has 0 unspecified atom stereocenters. The fourth-order valence-electron chi connectivity index (χ4n) is 3.47. The second kappa shape index (κ2) is 11.7. The van der Waals surface area contributed by atoms with Gasteiger partial charge in [-0.25, -0.2) is 9.37 Å². The van der Waals surface area contributed by atoms with E-state index < -0.39 is 17.7 Å². The highest BCUT2D eigenvalue weighted by Crippen LogP contribution is 2.33. The van der Waals surface area contributed by atoms with Crippen molar-refractivity contribution in [1.29, 1.82) is 0 Å². The van der Waals surface area contributed by atoms with Gasteiger partial charge < -0.3 is 21.9 Å². The molecule has 2 bridgehead atoms. The van der Waals surface area contributed by atoms with Crippen LogP contribution in [0, 0.1) is 5.82 Å². The molecule has 0 aliphatic carbocycles. The molecule has 2 aromatic rings. The first-order valence-electron chi connectivity index (χ1n) is 11.0. The summed E-state index contributed by atoms with van der Waals surface area (Å²) in [6, 6.07) is 5.69. The number of hydrogen-bond acceptors (Lipinski definition) is 8. The number of carbonyl (C=O) groups is 1. The monoisotopic (exact) mass is 466 g/mol. The van der Waals surface area contributed by atoms with Crippen molar-refractivity contribution in [2.24, 2.45) is 21.5 Å². The summed E-state index contributed by atoms with van der Waals surface area (Å²) in [6.07, 6.45) is 3.34. The fraction of sp³-hybridized carbons (Fsp3) is 0.280. The highest BCUT2D eigenvalue weighted by molar-refractivity contribution is 6.38. The molecule has 0 saturated carbocycles. The van der Waals surface area contributed by atoms with E-state index in [2.05, 4.69) is 15.0 Å². The zero-order chi connectivity index (χ0) is 25.4. The Balaban J connectivity index is 0.00000199. The Hall–Kier alpha value is -4.01. The average molecular weight is 467 g/mol. The lowest BCUT2D eigenvalue weighted by molar-refractivity contribution is -0.111. The number of nitrogens with two attached hydrogens (primary N) is 3. The van der Waals surface area contributed by atoms with Crippen LogP contribution in [0.3, 0.4) is 0 Å². The Morgan fingerprint density at radius 3 is 2.56 bits per heavy atom. The van der Waals surface area contributed by atoms with Gasteiger partial charge >= 0.3 is 0 Å². The Bertz CT molecular complexity index is 1180. The molecule has 2 heterocycles. The molecule has 6 N–H and O–H groups in total. The number of fused-ring (bicyclic) bond motifs is 3. The van der Waals surface area contributed by atoms with Crippen molar-refractivity contribution >= 4 is 29.2 Å². The second-order valence-electron chi connectivity index (χ2n) is 7.05. The highest BCUT2D eigenvalue weighted by atomic mass is 19.1. The first-order valence-corrected chi connectivity index (χ1v) is 11.0. The molecular weight excluding hydrogens is 435 g/mol. The molecule has 0 spiro atoms. The molecular formula is C25H31FN6O2. The van der Waals surface area contributed by atoms with Gasteiger partial charge in [0.05, 0.1) is 22.6 Å². The third-order valence-corrected chi connectivity index (χ3v) is 4.98. The number of pyridine rings is 1. The molecule has 1 aliphatic rings. The summed E-state index contributed by atoms with van der Waals surface area (Å²) in [6.45, 7) is 7.94. The van der Waals surface area contributed by atoms with Crippen LogP contribution in [-0.4, -0.2) is 36.3 Å². The van der Waals surface area contributed by atoms with Crippen LogP contribution in [-0.2, 0) is 4.79 Å². The van der Waals surface area contributed by atoms with E-state index in [-0.39, 0.29) is 28.4 Å². The van der Waals surface area contributed by atoms with Crippen molar-refractivity contribution in [2.45, 2.75) is 33.8 Å². The van der Waals surface area contributed by atoms with Crippen molar-refractivity contribution in [3.63, 3.8) is 0 Å². The van der Waals surface area contributed by atoms with Crippen LogP contribution in [0.4, 0.5) is 10.2 Å². The van der Waals surface area contributed by atoms with Crippen molar-refractivity contribution < 1.29 is 13.9 Å². The molecule has 1 aromatic carbocycles. The number of ether oxygens (including phenoxy) is 1. The van der Waals surface area contributed by atoms with E-state index in [0.29, 0.717) is 28.9 Å². The number of rotatable bonds is 2. The average Bonchev–Trinajstić information content (AvgIpc) is 2.84. The van der Waals surface area contributed by atoms with E-state index in [0.717, 1.165) is 0 Å². The molecule has 9 heteroatoms. The molecule has 3 rings (SSSR count). The molecule has 0 radical (unpaired) electrons. The van der Waals surface area contributed by atoms with E-state index in [9.17, 15) is 9.18 Å². The number of Topliss-reactive ketones (excluding diaryl/α,β-unsaturated/α-hetero) is 1. The van der Waals surface area contributed by atoms with E-state index >= 15 is 0 Å². The number of benzene rings is 1. The van der Waals surface area contributed by atoms with Crippen LogP contribution in [0.1, 0.15) is 50.5 Å². The van der Waals surface area contributed by atoms with Gasteiger partial charge in [0.2, 0.25) is 0 Å². The first kappa shape index (κ1) is 26.2. The van der Waals surface area contributed by atoms with Crippen LogP contribution < -0.4 is 21.9 Å². The van der Waals surface area contributed by atoms with Crippen LogP contribution in [0.2, 0.25) is 0 Å². The standard InChI is InChI=1S/C23H25FN6O2.C2H6/c1-4-29-21-13-7-19(23(27)30-10-13)32-12(2)16-8-14(24)5-6-15(16)20(26)18(11-28-3)22(31)17(21)9-25;1-2/h5-12H,4,25-26H2,1-3H3,(H2,27,30);1-2H3/b17-9+,20-18+,28-11?,29-21?;/t12-;/m1./s1. The number of hydrogen-bond donors (Lipinski definition) is 3. The van der Waals surface area contributed by atoms with E-state index in [1.54, 1.807) is 13.0 Å². The zero-order valence-electron chi connectivity index (χ0n) is 20.1. The SMILES string of the molecule is CC.CCN=C1/C(=C\N)C(=O)/C(C=NC)=C(/N)c2ccc(F)cc2[C@@H](C)Oc2cc1cnc2N. The van der Waals surface area contributed by atoms with Gasteiger partial charge in [0.25, 0.3) is 0 Å². The van der Waals surface area contributed by atoms with Crippen LogP contribution >= 0.6 is 0 Å². The first-order chi connectivity index (χ1) is 16.3. The normalized spacial score (nSPS) is 20.8. The quantitative estimate of drug-likeness (QED) is 0.456. The van der Waals surface area contributed by atoms with E-state index in [4.69, 9.17) is 21.9 Å². The molecule has 0 fully saturated rings. The number of ketones is 1. The van der Waals surface area contributed by atoms with Crippen molar-refractivity contribution in [3.8, 4) is 5.75 Å². The lowest BCUT2D eigenvalue weighted by atomic mass is 9.91. The summed E-state index contributed by atoms with van der Waals surface area (Å²) in [5, 5.41) is 0. The number of anilines is 1. The van der Waals surface area contributed by atoms with Crippen LogP contribution in [0.25, 0.3) is 5.70 Å². The molecule has 0 saturated heterocycles. The lowest BCUT2D eigenvalue weighted by Gasteiger charge is -2.22. The minimum atomic E-state index is -0.663. The molecule has 1 aromatic heterocycles. The maximum Gasteiger partial charge on any atom is 0.200 e. The summed E-state index contributed by atoms with van der Waals surface area (Å²) >= 11 is 0. The predicted octanol–water partition coefficient (Wildman–Crippen LogP) is 3.57. The number of nitrogen functional groups attached to an aromatic ring is 1. The minimum Gasteiger partial charge on any atom is -0.482 e. The number of nitrogens with zero attached hydrogens (tertiary/aromatic N) is 3. The van der Waals surface area contributed by atoms with Gasteiger partial charge in [-0.15, -0.1) is 0 Å². The molecule has 1 atom stereocenters. The topological polar surface area (TPSA) is 142 Å². The van der Waals surface area contributed by atoms with E-state index in [1.807, 2.05) is 20.8 Å². The maximum absolute atomic E-state index is 14.1. The predicted molar refractivity (Wildman–Crippen MR) is 135 cm³/mol. The van der Waals surface area contributed by atoms with Gasteiger partial charge in [0, 0.05) is 48.9 Å². The summed E-state index contributed by atoms with van der Waals surface area (Å²) < 4.78 is 20.2. The molecule has 1 aliphatic heterocycles. The number of aromatic nitrogens is 1. The van der Waals surface area contributed by atoms with Gasteiger partial charge in [0.1, 0.15) is 11.9 Å². The van der Waals surface area contributed by atoms with Crippen molar-refractivity contribution in [3.05, 3.63) is 70.3 Å².